The number of rotatable bonds is 2. The summed E-state index contributed by atoms with van der Waals surface area (Å²) >= 11 is 1.45. The fraction of sp³-hybridized carbons (Fsp3) is 0.154. The van der Waals surface area contributed by atoms with E-state index in [0.29, 0.717) is 10.9 Å². The van der Waals surface area contributed by atoms with Gasteiger partial charge in [-0.05, 0) is 25.3 Å². The molecule has 0 bridgehead atoms. The first-order valence-corrected chi connectivity index (χ1v) is 7.15. The zero-order chi connectivity index (χ0) is 14.5. The minimum Gasteiger partial charge on any atom is -0.382 e. The molecule has 0 fully saturated rings. The van der Waals surface area contributed by atoms with Crippen molar-refractivity contribution in [2.75, 3.05) is 23.0 Å². The van der Waals surface area contributed by atoms with Crippen molar-refractivity contribution in [1.82, 2.24) is 9.97 Å². The SMILES string of the molecule is CSC(=Nc1c(N)ncnc1N)Nc1ccc(C)cc1. The lowest BCUT2D eigenvalue weighted by molar-refractivity contribution is 1.18. The Bertz CT molecular complexity index is 603. The molecule has 0 amide bonds. The van der Waals surface area contributed by atoms with Gasteiger partial charge in [0.2, 0.25) is 0 Å². The van der Waals surface area contributed by atoms with Crippen LogP contribution in [0.1, 0.15) is 5.56 Å². The minimum absolute atomic E-state index is 0.259. The molecular weight excluding hydrogens is 272 g/mol. The number of nitrogens with two attached hydrogens (primary N) is 2. The first kappa shape index (κ1) is 14.1. The van der Waals surface area contributed by atoms with Crippen LogP contribution in [0.5, 0.6) is 0 Å². The van der Waals surface area contributed by atoms with Gasteiger partial charge in [0.25, 0.3) is 0 Å². The fourth-order valence-electron chi connectivity index (χ4n) is 1.51. The van der Waals surface area contributed by atoms with Crippen LogP contribution < -0.4 is 16.8 Å². The smallest absolute Gasteiger partial charge is 0.166 e. The van der Waals surface area contributed by atoms with Gasteiger partial charge in [-0.15, -0.1) is 0 Å². The third kappa shape index (κ3) is 3.39. The lowest BCUT2D eigenvalue weighted by Crippen LogP contribution is -2.08. The Morgan fingerprint density at radius 1 is 1.15 bits per heavy atom. The largest absolute Gasteiger partial charge is 0.382 e. The Labute approximate surface area is 121 Å². The predicted octanol–water partition coefficient (Wildman–Crippen LogP) is 2.41. The van der Waals surface area contributed by atoms with Gasteiger partial charge >= 0.3 is 0 Å². The number of thioether (sulfide) groups is 1. The van der Waals surface area contributed by atoms with Crippen LogP contribution in [0.15, 0.2) is 35.6 Å². The molecule has 0 atom stereocenters. The van der Waals surface area contributed by atoms with Crippen molar-refractivity contribution in [3.8, 4) is 0 Å². The number of hydrogen-bond donors (Lipinski definition) is 3. The highest BCUT2D eigenvalue weighted by Crippen LogP contribution is 2.26. The molecule has 5 N–H and O–H groups in total. The number of aromatic nitrogens is 2. The van der Waals surface area contributed by atoms with E-state index in [-0.39, 0.29) is 11.6 Å². The van der Waals surface area contributed by atoms with E-state index in [9.17, 15) is 0 Å². The zero-order valence-electron chi connectivity index (χ0n) is 11.3. The Hall–Kier alpha value is -2.28. The second-order valence-electron chi connectivity index (χ2n) is 4.10. The summed E-state index contributed by atoms with van der Waals surface area (Å²) < 4.78 is 0. The van der Waals surface area contributed by atoms with Crippen LogP contribution in [0.25, 0.3) is 0 Å². The number of nitrogen functional groups attached to an aromatic ring is 2. The lowest BCUT2D eigenvalue weighted by Gasteiger charge is -2.09. The van der Waals surface area contributed by atoms with Gasteiger partial charge in [-0.3, -0.25) is 0 Å². The van der Waals surface area contributed by atoms with Gasteiger partial charge in [-0.2, -0.15) is 0 Å². The molecule has 7 heteroatoms. The molecule has 1 heterocycles. The summed E-state index contributed by atoms with van der Waals surface area (Å²) in [5.74, 6) is 0.518. The summed E-state index contributed by atoms with van der Waals surface area (Å²) in [6, 6.07) is 8.01. The topological polar surface area (TPSA) is 102 Å². The van der Waals surface area contributed by atoms with E-state index < -0.39 is 0 Å². The van der Waals surface area contributed by atoms with Gasteiger partial charge in [0.1, 0.15) is 6.33 Å². The average molecular weight is 288 g/mol. The van der Waals surface area contributed by atoms with Crippen LogP contribution in [0, 0.1) is 6.92 Å². The molecule has 2 aromatic rings. The third-order valence-corrected chi connectivity index (χ3v) is 3.17. The quantitative estimate of drug-likeness (QED) is 0.579. The number of aliphatic imine (C=N–C) groups is 1. The molecular formula is C13H16N6S. The van der Waals surface area contributed by atoms with Crippen LogP contribution in [-0.2, 0) is 0 Å². The number of anilines is 3. The van der Waals surface area contributed by atoms with E-state index in [4.69, 9.17) is 11.5 Å². The lowest BCUT2D eigenvalue weighted by atomic mass is 10.2. The van der Waals surface area contributed by atoms with E-state index >= 15 is 0 Å². The maximum absolute atomic E-state index is 5.76. The highest BCUT2D eigenvalue weighted by molar-refractivity contribution is 8.13. The standard InChI is InChI=1S/C13H16N6S/c1-8-3-5-9(6-4-8)18-13(20-2)19-10-11(14)16-7-17-12(10)15/h3-7H,1-2H3,(H,18,19)(H4,14,15,16,17). The molecule has 0 aliphatic heterocycles. The van der Waals surface area contributed by atoms with Gasteiger partial charge in [-0.1, -0.05) is 29.5 Å². The molecule has 0 unspecified atom stereocenters. The summed E-state index contributed by atoms with van der Waals surface area (Å²) in [4.78, 5) is 12.2. The number of nitrogens with zero attached hydrogens (tertiary/aromatic N) is 3. The first-order chi connectivity index (χ1) is 9.60. The molecule has 1 aromatic heterocycles. The number of benzene rings is 1. The maximum atomic E-state index is 5.76. The summed E-state index contributed by atoms with van der Waals surface area (Å²) in [6.45, 7) is 2.04. The molecule has 0 saturated heterocycles. The molecule has 0 radical (unpaired) electrons. The van der Waals surface area contributed by atoms with Crippen LogP contribution in [0.4, 0.5) is 23.0 Å². The second-order valence-corrected chi connectivity index (χ2v) is 4.90. The monoisotopic (exact) mass is 288 g/mol. The van der Waals surface area contributed by atoms with E-state index in [0.717, 1.165) is 5.69 Å². The van der Waals surface area contributed by atoms with Crippen molar-refractivity contribution < 1.29 is 0 Å². The first-order valence-electron chi connectivity index (χ1n) is 5.92. The zero-order valence-corrected chi connectivity index (χ0v) is 12.1. The Balaban J connectivity index is 2.28. The third-order valence-electron chi connectivity index (χ3n) is 2.59. The van der Waals surface area contributed by atoms with E-state index in [1.165, 1.54) is 23.7 Å². The molecule has 104 valence electrons. The highest BCUT2D eigenvalue weighted by atomic mass is 32.2. The van der Waals surface area contributed by atoms with Gasteiger partial charge in [0.15, 0.2) is 22.5 Å². The molecule has 2 rings (SSSR count). The predicted molar refractivity (Wildman–Crippen MR) is 86.3 cm³/mol. The normalized spacial score (nSPS) is 11.4. The summed E-state index contributed by atoms with van der Waals surface area (Å²) in [7, 11) is 0. The van der Waals surface area contributed by atoms with Crippen LogP contribution in [0.2, 0.25) is 0 Å². The van der Waals surface area contributed by atoms with E-state index in [2.05, 4.69) is 20.3 Å². The van der Waals surface area contributed by atoms with Gasteiger partial charge < -0.3 is 16.8 Å². The Morgan fingerprint density at radius 3 is 2.30 bits per heavy atom. The number of amidine groups is 1. The van der Waals surface area contributed by atoms with Crippen molar-refractivity contribution in [3.63, 3.8) is 0 Å². The average Bonchev–Trinajstić information content (AvgIpc) is 2.44. The molecule has 1 aromatic carbocycles. The second kappa shape index (κ2) is 6.25. The number of aryl methyl sites for hydroxylation is 1. The number of nitrogens with one attached hydrogen (secondary N) is 1. The van der Waals surface area contributed by atoms with Gasteiger partial charge in [0.05, 0.1) is 0 Å². The van der Waals surface area contributed by atoms with E-state index in [1.54, 1.807) is 0 Å². The van der Waals surface area contributed by atoms with Crippen molar-refractivity contribution in [3.05, 3.63) is 36.2 Å². The van der Waals surface area contributed by atoms with Crippen LogP contribution in [-0.4, -0.2) is 21.4 Å². The molecule has 0 aliphatic rings. The van der Waals surface area contributed by atoms with E-state index in [1.807, 2.05) is 37.4 Å². The molecule has 0 spiro atoms. The van der Waals surface area contributed by atoms with Crippen LogP contribution in [0.3, 0.4) is 0 Å². The van der Waals surface area contributed by atoms with Crippen molar-refractivity contribution in [2.24, 2.45) is 4.99 Å². The maximum Gasteiger partial charge on any atom is 0.166 e. The number of hydrogen-bond acceptors (Lipinski definition) is 6. The molecule has 0 saturated carbocycles. The van der Waals surface area contributed by atoms with Gasteiger partial charge in [-0.25, -0.2) is 15.0 Å². The summed E-state index contributed by atoms with van der Waals surface area (Å²) in [6.07, 6.45) is 3.23. The Kier molecular flexibility index (Phi) is 4.41. The van der Waals surface area contributed by atoms with Crippen molar-refractivity contribution in [1.29, 1.82) is 0 Å². The summed E-state index contributed by atoms with van der Waals surface area (Å²) in [5.41, 5.74) is 14.1. The molecule has 20 heavy (non-hydrogen) atoms. The summed E-state index contributed by atoms with van der Waals surface area (Å²) in [5, 5.41) is 3.87. The molecule has 6 nitrogen and oxygen atoms in total. The van der Waals surface area contributed by atoms with Gasteiger partial charge in [0, 0.05) is 5.69 Å². The van der Waals surface area contributed by atoms with Crippen molar-refractivity contribution >= 4 is 39.9 Å². The van der Waals surface area contributed by atoms with Crippen molar-refractivity contribution in [2.45, 2.75) is 6.92 Å². The van der Waals surface area contributed by atoms with Crippen LogP contribution >= 0.6 is 11.8 Å². The Morgan fingerprint density at radius 2 is 1.75 bits per heavy atom. The minimum atomic E-state index is 0.259. The highest BCUT2D eigenvalue weighted by Gasteiger charge is 2.07. The molecule has 0 aliphatic carbocycles. The fourth-order valence-corrected chi connectivity index (χ4v) is 1.91.